The van der Waals surface area contributed by atoms with Crippen molar-refractivity contribution in [1.29, 1.82) is 0 Å². The molecule has 6 nitrogen and oxygen atoms in total. The van der Waals surface area contributed by atoms with E-state index in [1.807, 2.05) is 18.2 Å². The molecule has 28 heavy (non-hydrogen) atoms. The highest BCUT2D eigenvalue weighted by molar-refractivity contribution is 5.79. The summed E-state index contributed by atoms with van der Waals surface area (Å²) < 4.78 is 5.54. The van der Waals surface area contributed by atoms with Gasteiger partial charge >= 0.3 is 0 Å². The van der Waals surface area contributed by atoms with Crippen LogP contribution in [0, 0.1) is 5.92 Å². The number of nitrogens with zero attached hydrogens (tertiary/aromatic N) is 2. The van der Waals surface area contributed by atoms with Gasteiger partial charge in [-0.05, 0) is 11.5 Å². The summed E-state index contributed by atoms with van der Waals surface area (Å²) in [4.78, 5) is 6.94. The van der Waals surface area contributed by atoms with Gasteiger partial charge in [0.2, 0.25) is 0 Å². The fraction of sp³-hybridized carbons (Fsp3) is 0.682. The molecule has 1 heterocycles. The van der Waals surface area contributed by atoms with Crippen LogP contribution in [0.4, 0.5) is 0 Å². The third kappa shape index (κ3) is 6.76. The number of rotatable bonds is 10. The predicted molar refractivity (Wildman–Crippen MR) is 116 cm³/mol. The molecule has 1 fully saturated rings. The molecule has 1 aromatic rings. The zero-order chi connectivity index (χ0) is 20.2. The molecule has 1 aliphatic heterocycles. The third-order valence-electron chi connectivity index (χ3n) is 5.82. The molecule has 2 atom stereocenters. The maximum atomic E-state index is 9.77. The molecular weight excluding hydrogens is 352 g/mol. The summed E-state index contributed by atoms with van der Waals surface area (Å²) in [6, 6.07) is 10.6. The van der Waals surface area contributed by atoms with E-state index in [1.165, 1.54) is 12.8 Å². The van der Waals surface area contributed by atoms with Gasteiger partial charge in [0.15, 0.2) is 5.96 Å². The maximum Gasteiger partial charge on any atom is 0.191 e. The molecule has 2 unspecified atom stereocenters. The summed E-state index contributed by atoms with van der Waals surface area (Å²) in [7, 11) is 1.80. The van der Waals surface area contributed by atoms with Crippen molar-refractivity contribution in [3.63, 3.8) is 0 Å². The summed E-state index contributed by atoms with van der Waals surface area (Å²) in [5.74, 6) is 1.49. The van der Waals surface area contributed by atoms with Gasteiger partial charge < -0.3 is 20.5 Å². The van der Waals surface area contributed by atoms with E-state index < -0.39 is 0 Å². The van der Waals surface area contributed by atoms with E-state index in [2.05, 4.69) is 46.5 Å². The highest BCUT2D eigenvalue weighted by Crippen LogP contribution is 2.19. The molecular formula is C22H38N4O2. The number of guanidine groups is 1. The molecule has 0 saturated carbocycles. The van der Waals surface area contributed by atoms with Crippen LogP contribution >= 0.6 is 0 Å². The molecule has 0 bridgehead atoms. The van der Waals surface area contributed by atoms with Crippen LogP contribution in [0.2, 0.25) is 0 Å². The highest BCUT2D eigenvalue weighted by atomic mass is 16.5. The van der Waals surface area contributed by atoms with E-state index in [-0.39, 0.29) is 12.5 Å². The van der Waals surface area contributed by atoms with E-state index in [1.54, 1.807) is 7.05 Å². The predicted octanol–water partition coefficient (Wildman–Crippen LogP) is 2.06. The molecule has 0 spiro atoms. The first-order valence-electron chi connectivity index (χ1n) is 10.7. The Morgan fingerprint density at radius 1 is 1.11 bits per heavy atom. The molecule has 2 rings (SSSR count). The van der Waals surface area contributed by atoms with Crippen molar-refractivity contribution in [2.75, 3.05) is 53.0 Å². The summed E-state index contributed by atoms with van der Waals surface area (Å²) in [6.45, 7) is 9.80. The first-order chi connectivity index (χ1) is 13.7. The van der Waals surface area contributed by atoms with Crippen LogP contribution in [-0.2, 0) is 4.74 Å². The Morgan fingerprint density at radius 2 is 1.75 bits per heavy atom. The van der Waals surface area contributed by atoms with Gasteiger partial charge in [0.05, 0.1) is 19.8 Å². The number of ether oxygens (including phenoxy) is 1. The summed E-state index contributed by atoms with van der Waals surface area (Å²) in [5.41, 5.74) is 1.14. The second-order valence-electron chi connectivity index (χ2n) is 7.42. The van der Waals surface area contributed by atoms with Gasteiger partial charge in [0, 0.05) is 45.2 Å². The Hall–Kier alpha value is -1.63. The Labute approximate surface area is 170 Å². The normalized spacial score (nSPS) is 18.1. The zero-order valence-electron chi connectivity index (χ0n) is 17.7. The number of aliphatic imine (C=N–C) groups is 1. The van der Waals surface area contributed by atoms with Crippen LogP contribution in [0.15, 0.2) is 35.3 Å². The molecule has 3 N–H and O–H groups in total. The molecule has 0 aliphatic carbocycles. The average Bonchev–Trinajstić information content (AvgIpc) is 2.76. The number of aliphatic hydroxyl groups is 1. The Kier molecular flexibility index (Phi) is 10.3. The standard InChI is InChI=1S/C22H38N4O2/c1-4-18(5-2)21(26-11-13-28-14-12-26)16-25-22(23-3)24-15-20(17-27)19-9-7-6-8-10-19/h6-10,18,20-21,27H,4-5,11-17H2,1-3H3,(H2,23,24,25). The van der Waals surface area contributed by atoms with Gasteiger partial charge in [-0.25, -0.2) is 0 Å². The minimum Gasteiger partial charge on any atom is -0.396 e. The highest BCUT2D eigenvalue weighted by Gasteiger charge is 2.27. The number of benzene rings is 1. The minimum atomic E-state index is 0.0498. The third-order valence-corrected chi connectivity index (χ3v) is 5.82. The van der Waals surface area contributed by atoms with Gasteiger partial charge in [-0.15, -0.1) is 0 Å². The molecule has 0 aromatic heterocycles. The SMILES string of the molecule is CCC(CC)C(CNC(=NC)NCC(CO)c1ccccc1)N1CCOCC1. The summed E-state index contributed by atoms with van der Waals surface area (Å²) in [6.07, 6.45) is 2.35. The van der Waals surface area contributed by atoms with Crippen molar-refractivity contribution in [2.45, 2.75) is 38.6 Å². The molecule has 0 amide bonds. The number of hydrogen-bond donors (Lipinski definition) is 3. The Bertz CT molecular complexity index is 557. The van der Waals surface area contributed by atoms with Crippen molar-refractivity contribution < 1.29 is 9.84 Å². The number of nitrogens with one attached hydrogen (secondary N) is 2. The number of aliphatic hydroxyl groups excluding tert-OH is 1. The molecule has 1 aliphatic rings. The van der Waals surface area contributed by atoms with Crippen molar-refractivity contribution >= 4 is 5.96 Å². The van der Waals surface area contributed by atoms with Crippen LogP contribution in [0.25, 0.3) is 0 Å². The lowest BCUT2D eigenvalue weighted by atomic mass is 9.92. The smallest absolute Gasteiger partial charge is 0.191 e. The lowest BCUT2D eigenvalue weighted by Crippen LogP contribution is -2.53. The van der Waals surface area contributed by atoms with Crippen molar-refractivity contribution in [3.8, 4) is 0 Å². The molecule has 1 aromatic carbocycles. The van der Waals surface area contributed by atoms with Crippen molar-refractivity contribution in [1.82, 2.24) is 15.5 Å². The summed E-state index contributed by atoms with van der Waals surface area (Å²) >= 11 is 0. The van der Waals surface area contributed by atoms with Crippen LogP contribution < -0.4 is 10.6 Å². The van der Waals surface area contributed by atoms with Gasteiger partial charge in [0.25, 0.3) is 0 Å². The molecule has 6 heteroatoms. The largest absolute Gasteiger partial charge is 0.396 e. The number of hydrogen-bond acceptors (Lipinski definition) is 4. The number of morpholine rings is 1. The minimum absolute atomic E-state index is 0.0498. The monoisotopic (exact) mass is 390 g/mol. The van der Waals surface area contributed by atoms with Gasteiger partial charge in [0.1, 0.15) is 0 Å². The topological polar surface area (TPSA) is 69.1 Å². The van der Waals surface area contributed by atoms with Crippen LogP contribution in [0.1, 0.15) is 38.2 Å². The van der Waals surface area contributed by atoms with Crippen LogP contribution in [0.3, 0.4) is 0 Å². The fourth-order valence-corrected chi connectivity index (χ4v) is 3.99. The van der Waals surface area contributed by atoms with Crippen LogP contribution in [0.5, 0.6) is 0 Å². The lowest BCUT2D eigenvalue weighted by Gasteiger charge is -2.39. The first kappa shape index (κ1) is 22.7. The first-order valence-corrected chi connectivity index (χ1v) is 10.7. The van der Waals surface area contributed by atoms with Crippen molar-refractivity contribution in [2.24, 2.45) is 10.9 Å². The quantitative estimate of drug-likeness (QED) is 0.421. The fourth-order valence-electron chi connectivity index (χ4n) is 3.99. The van der Waals surface area contributed by atoms with Crippen LogP contribution in [-0.4, -0.2) is 75.1 Å². The average molecular weight is 391 g/mol. The van der Waals surface area contributed by atoms with Gasteiger partial charge in [-0.2, -0.15) is 0 Å². The van der Waals surface area contributed by atoms with E-state index in [9.17, 15) is 5.11 Å². The van der Waals surface area contributed by atoms with Gasteiger partial charge in [-0.1, -0.05) is 57.0 Å². The maximum absolute atomic E-state index is 9.77. The second kappa shape index (κ2) is 12.8. The Morgan fingerprint density at radius 3 is 2.32 bits per heavy atom. The van der Waals surface area contributed by atoms with E-state index in [0.717, 1.165) is 44.4 Å². The Balaban J connectivity index is 1.92. The van der Waals surface area contributed by atoms with E-state index in [4.69, 9.17) is 4.74 Å². The van der Waals surface area contributed by atoms with Gasteiger partial charge in [-0.3, -0.25) is 9.89 Å². The zero-order valence-corrected chi connectivity index (χ0v) is 17.7. The molecule has 158 valence electrons. The van der Waals surface area contributed by atoms with Crippen molar-refractivity contribution in [3.05, 3.63) is 35.9 Å². The van der Waals surface area contributed by atoms with E-state index in [0.29, 0.717) is 18.5 Å². The lowest BCUT2D eigenvalue weighted by molar-refractivity contribution is 0.00272. The molecule has 1 saturated heterocycles. The molecule has 0 radical (unpaired) electrons. The second-order valence-corrected chi connectivity index (χ2v) is 7.42. The van der Waals surface area contributed by atoms with E-state index >= 15 is 0 Å². The summed E-state index contributed by atoms with van der Waals surface area (Å²) in [5, 5.41) is 16.7.